The lowest BCUT2D eigenvalue weighted by atomic mass is 9.86. The zero-order chi connectivity index (χ0) is 14.6. The number of hydrogen-bond acceptors (Lipinski definition) is 2. The highest BCUT2D eigenvalue weighted by atomic mass is 35.5. The van der Waals surface area contributed by atoms with Crippen LogP contribution in [0.15, 0.2) is 18.2 Å². The van der Waals surface area contributed by atoms with Crippen LogP contribution in [0.2, 0.25) is 10.0 Å². The highest BCUT2D eigenvalue weighted by Gasteiger charge is 2.34. The number of hydrogen-bond donors (Lipinski definition) is 1. The Balaban J connectivity index is 1.91. The molecule has 0 aromatic heterocycles. The van der Waals surface area contributed by atoms with Crippen LogP contribution in [0.5, 0.6) is 0 Å². The summed E-state index contributed by atoms with van der Waals surface area (Å²) >= 11 is 12.0. The molecule has 1 aliphatic rings. The van der Waals surface area contributed by atoms with Gasteiger partial charge in [-0.15, -0.1) is 0 Å². The normalized spacial score (nSPS) is 21.9. The molecule has 1 N–H and O–H groups in total. The first kappa shape index (κ1) is 16.1. The fourth-order valence-corrected chi connectivity index (χ4v) is 3.18. The summed E-state index contributed by atoms with van der Waals surface area (Å²) in [6.07, 6.45) is 4.31. The second-order valence-electron chi connectivity index (χ2n) is 5.56. The minimum absolute atomic E-state index is 0.0631. The molecule has 20 heavy (non-hydrogen) atoms. The molecule has 1 saturated heterocycles. The van der Waals surface area contributed by atoms with Crippen LogP contribution < -0.4 is 5.32 Å². The van der Waals surface area contributed by atoms with Crippen molar-refractivity contribution in [3.05, 3.63) is 33.8 Å². The number of benzene rings is 1. The summed E-state index contributed by atoms with van der Waals surface area (Å²) in [5, 5.41) is 4.85. The molecule has 1 unspecified atom stereocenters. The Kier molecular flexibility index (Phi) is 5.74. The first-order chi connectivity index (χ1) is 9.58. The quantitative estimate of drug-likeness (QED) is 0.841. The molecule has 2 rings (SSSR count). The van der Waals surface area contributed by atoms with Crippen molar-refractivity contribution in [1.82, 2.24) is 5.32 Å². The second-order valence-corrected chi connectivity index (χ2v) is 6.37. The van der Waals surface area contributed by atoms with Crippen LogP contribution in [-0.2, 0) is 11.3 Å². The van der Waals surface area contributed by atoms with Crippen molar-refractivity contribution in [3.8, 4) is 0 Å². The molecule has 2 nitrogen and oxygen atoms in total. The number of halogens is 2. The zero-order valence-electron chi connectivity index (χ0n) is 12.2. The van der Waals surface area contributed by atoms with Gasteiger partial charge in [0.05, 0.1) is 15.6 Å². The van der Waals surface area contributed by atoms with E-state index in [1.807, 2.05) is 18.2 Å². The lowest BCUT2D eigenvalue weighted by Crippen LogP contribution is -2.46. The Bertz CT molecular complexity index is 446. The van der Waals surface area contributed by atoms with Gasteiger partial charge in [0.15, 0.2) is 0 Å². The van der Waals surface area contributed by atoms with Gasteiger partial charge in [-0.3, -0.25) is 0 Å². The van der Waals surface area contributed by atoms with Gasteiger partial charge in [0.2, 0.25) is 0 Å². The molecular weight excluding hydrogens is 293 g/mol. The smallest absolute Gasteiger partial charge is 0.0692 e. The van der Waals surface area contributed by atoms with E-state index in [2.05, 4.69) is 19.2 Å². The molecule has 1 aromatic carbocycles. The van der Waals surface area contributed by atoms with Crippen molar-refractivity contribution >= 4 is 23.2 Å². The molecule has 112 valence electrons. The molecular formula is C16H23Cl2NO. The molecule has 1 fully saturated rings. The van der Waals surface area contributed by atoms with Crippen molar-refractivity contribution in [2.45, 2.75) is 57.7 Å². The van der Waals surface area contributed by atoms with Gasteiger partial charge in [-0.2, -0.15) is 0 Å². The van der Waals surface area contributed by atoms with Gasteiger partial charge in [0.25, 0.3) is 0 Å². The van der Waals surface area contributed by atoms with Crippen LogP contribution in [0, 0.1) is 0 Å². The lowest BCUT2D eigenvalue weighted by Gasteiger charge is -2.40. The van der Waals surface area contributed by atoms with Crippen LogP contribution in [0.25, 0.3) is 0 Å². The van der Waals surface area contributed by atoms with E-state index in [9.17, 15) is 0 Å². The summed E-state index contributed by atoms with van der Waals surface area (Å²) in [5.74, 6) is 0. The Morgan fingerprint density at radius 1 is 1.25 bits per heavy atom. The van der Waals surface area contributed by atoms with Gasteiger partial charge >= 0.3 is 0 Å². The summed E-state index contributed by atoms with van der Waals surface area (Å²) in [5.41, 5.74) is 1.23. The van der Waals surface area contributed by atoms with Gasteiger partial charge in [-0.1, -0.05) is 43.1 Å². The van der Waals surface area contributed by atoms with Crippen molar-refractivity contribution in [1.29, 1.82) is 0 Å². The lowest BCUT2D eigenvalue weighted by molar-refractivity contribution is -0.0932. The van der Waals surface area contributed by atoms with E-state index in [0.29, 0.717) is 16.1 Å². The van der Waals surface area contributed by atoms with Crippen LogP contribution in [0.4, 0.5) is 0 Å². The summed E-state index contributed by atoms with van der Waals surface area (Å²) in [7, 11) is 0. The van der Waals surface area contributed by atoms with Crippen molar-refractivity contribution in [2.24, 2.45) is 0 Å². The first-order valence-corrected chi connectivity index (χ1v) is 8.15. The SMILES string of the molecule is CCC1(CC)CC(NCc2ccc(Cl)c(Cl)c2)CCO1. The summed E-state index contributed by atoms with van der Waals surface area (Å²) in [6.45, 7) is 6.10. The Morgan fingerprint density at radius 3 is 2.65 bits per heavy atom. The van der Waals surface area contributed by atoms with Crippen molar-refractivity contribution < 1.29 is 4.74 Å². The molecule has 0 radical (unpaired) electrons. The molecule has 0 spiro atoms. The van der Waals surface area contributed by atoms with E-state index < -0.39 is 0 Å². The van der Waals surface area contributed by atoms with Gasteiger partial charge in [-0.25, -0.2) is 0 Å². The minimum Gasteiger partial charge on any atom is -0.375 e. The molecule has 1 aliphatic heterocycles. The van der Waals surface area contributed by atoms with E-state index in [0.717, 1.165) is 38.8 Å². The molecule has 0 amide bonds. The molecule has 0 saturated carbocycles. The molecule has 4 heteroatoms. The molecule has 0 bridgehead atoms. The topological polar surface area (TPSA) is 21.3 Å². The predicted octanol–water partition coefficient (Wildman–Crippen LogP) is 4.82. The van der Waals surface area contributed by atoms with E-state index in [1.54, 1.807) is 0 Å². The van der Waals surface area contributed by atoms with E-state index in [1.165, 1.54) is 5.56 Å². The molecule has 1 heterocycles. The summed E-state index contributed by atoms with van der Waals surface area (Å²) in [4.78, 5) is 0. The third-order valence-corrected chi connectivity index (χ3v) is 5.10. The van der Waals surface area contributed by atoms with Crippen LogP contribution in [0.3, 0.4) is 0 Å². The van der Waals surface area contributed by atoms with Crippen LogP contribution >= 0.6 is 23.2 Å². The van der Waals surface area contributed by atoms with Gasteiger partial charge in [0, 0.05) is 19.2 Å². The molecule has 0 aliphatic carbocycles. The molecule has 1 atom stereocenters. The first-order valence-electron chi connectivity index (χ1n) is 7.40. The maximum absolute atomic E-state index is 6.05. The third kappa shape index (κ3) is 3.88. The fraction of sp³-hybridized carbons (Fsp3) is 0.625. The maximum atomic E-state index is 6.05. The van der Waals surface area contributed by atoms with E-state index >= 15 is 0 Å². The zero-order valence-corrected chi connectivity index (χ0v) is 13.7. The predicted molar refractivity (Wildman–Crippen MR) is 85.6 cm³/mol. The summed E-state index contributed by atoms with van der Waals surface area (Å²) in [6, 6.07) is 6.32. The van der Waals surface area contributed by atoms with Crippen LogP contribution in [-0.4, -0.2) is 18.2 Å². The highest BCUT2D eigenvalue weighted by molar-refractivity contribution is 6.42. The Morgan fingerprint density at radius 2 is 2.00 bits per heavy atom. The highest BCUT2D eigenvalue weighted by Crippen LogP contribution is 2.31. The van der Waals surface area contributed by atoms with Crippen LogP contribution in [0.1, 0.15) is 45.1 Å². The largest absolute Gasteiger partial charge is 0.375 e. The summed E-state index contributed by atoms with van der Waals surface area (Å²) < 4.78 is 6.00. The Hall–Kier alpha value is -0.280. The van der Waals surface area contributed by atoms with Gasteiger partial charge < -0.3 is 10.1 Å². The van der Waals surface area contributed by atoms with E-state index in [-0.39, 0.29) is 5.60 Å². The fourth-order valence-electron chi connectivity index (χ4n) is 2.86. The standard InChI is InChI=1S/C16H23Cl2NO/c1-3-16(4-2)10-13(7-8-20-16)19-11-12-5-6-14(17)15(18)9-12/h5-6,9,13,19H,3-4,7-8,10-11H2,1-2H3. The van der Waals surface area contributed by atoms with Gasteiger partial charge in [0.1, 0.15) is 0 Å². The van der Waals surface area contributed by atoms with Gasteiger partial charge in [-0.05, 0) is 43.4 Å². The maximum Gasteiger partial charge on any atom is 0.0692 e. The average Bonchev–Trinajstić information content (AvgIpc) is 2.48. The average molecular weight is 316 g/mol. The number of nitrogens with one attached hydrogen (secondary N) is 1. The third-order valence-electron chi connectivity index (χ3n) is 4.36. The monoisotopic (exact) mass is 315 g/mol. The number of ether oxygens (including phenoxy) is 1. The second kappa shape index (κ2) is 7.13. The number of rotatable bonds is 5. The van der Waals surface area contributed by atoms with Crippen molar-refractivity contribution in [3.63, 3.8) is 0 Å². The van der Waals surface area contributed by atoms with E-state index in [4.69, 9.17) is 27.9 Å². The molecule has 1 aromatic rings. The van der Waals surface area contributed by atoms with Crippen molar-refractivity contribution in [2.75, 3.05) is 6.61 Å². The Labute approximate surface area is 131 Å². The minimum atomic E-state index is 0.0631.